The molecule has 2 heteroatoms. The van der Waals surface area contributed by atoms with Crippen LogP contribution in [-0.2, 0) is 0 Å². The van der Waals surface area contributed by atoms with Crippen LogP contribution in [0.1, 0.15) is 65.2 Å². The predicted molar refractivity (Wildman–Crippen MR) is 59.9 cm³/mol. The fourth-order valence-corrected chi connectivity index (χ4v) is 1.40. The van der Waals surface area contributed by atoms with E-state index in [2.05, 4.69) is 12.0 Å². The van der Waals surface area contributed by atoms with Crippen LogP contribution in [-0.4, -0.2) is 5.71 Å². The molecule has 0 saturated heterocycles. The van der Waals surface area contributed by atoms with E-state index in [0.717, 1.165) is 12.1 Å². The average Bonchev–Trinajstić information content (AvgIpc) is 2.16. The molecule has 0 spiro atoms. The van der Waals surface area contributed by atoms with E-state index in [0.29, 0.717) is 0 Å². The third-order valence-corrected chi connectivity index (χ3v) is 2.36. The van der Waals surface area contributed by atoms with Crippen molar-refractivity contribution in [2.24, 2.45) is 10.9 Å². The van der Waals surface area contributed by atoms with Crippen LogP contribution in [0.5, 0.6) is 0 Å². The fraction of sp³-hybridized carbons (Fsp3) is 0.909. The molecule has 0 atom stereocenters. The van der Waals surface area contributed by atoms with Crippen molar-refractivity contribution >= 4 is 5.71 Å². The Kier molecular flexibility index (Phi) is 9.17. The maximum Gasteiger partial charge on any atom is 0.0345 e. The van der Waals surface area contributed by atoms with Gasteiger partial charge in [-0.25, -0.2) is 0 Å². The summed E-state index contributed by atoms with van der Waals surface area (Å²) in [6.07, 6.45) is 10.5. The number of nitrogens with zero attached hydrogens (tertiary/aromatic N) is 1. The van der Waals surface area contributed by atoms with E-state index in [9.17, 15) is 0 Å². The molecule has 0 fully saturated rings. The molecule has 78 valence electrons. The maximum absolute atomic E-state index is 5.14. The number of hydrogen-bond donors (Lipinski definition) is 1. The van der Waals surface area contributed by atoms with E-state index in [1.165, 1.54) is 44.9 Å². The topological polar surface area (TPSA) is 38.4 Å². The number of hydrogen-bond acceptors (Lipinski definition) is 2. The van der Waals surface area contributed by atoms with Crippen LogP contribution in [0.15, 0.2) is 5.10 Å². The summed E-state index contributed by atoms with van der Waals surface area (Å²) in [5.41, 5.74) is 1.08. The van der Waals surface area contributed by atoms with Crippen LogP contribution >= 0.6 is 0 Å². The summed E-state index contributed by atoms with van der Waals surface area (Å²) in [5, 5.41) is 3.65. The van der Waals surface area contributed by atoms with Crippen LogP contribution < -0.4 is 5.84 Å². The molecular weight excluding hydrogens is 160 g/mol. The molecule has 0 aliphatic carbocycles. The molecular formula is C11H24N2. The van der Waals surface area contributed by atoms with Gasteiger partial charge in [-0.15, -0.1) is 0 Å². The number of rotatable bonds is 8. The van der Waals surface area contributed by atoms with Crippen LogP contribution in [0, 0.1) is 0 Å². The van der Waals surface area contributed by atoms with Crippen molar-refractivity contribution in [3.8, 4) is 0 Å². The third-order valence-electron chi connectivity index (χ3n) is 2.36. The minimum absolute atomic E-state index is 1.07. The molecule has 0 aromatic rings. The zero-order valence-electron chi connectivity index (χ0n) is 9.18. The highest BCUT2D eigenvalue weighted by atomic mass is 15.1. The maximum atomic E-state index is 5.14. The summed E-state index contributed by atoms with van der Waals surface area (Å²) in [7, 11) is 0. The first-order valence-electron chi connectivity index (χ1n) is 5.54. The standard InChI is InChI=1S/C11H24N2/c1-3-4-5-6-7-8-9-10-11(2)13-12/h3-10,12H2,1-2H3. The first kappa shape index (κ1) is 12.5. The van der Waals surface area contributed by atoms with Crippen molar-refractivity contribution in [2.45, 2.75) is 65.2 Å². The van der Waals surface area contributed by atoms with Crippen molar-refractivity contribution < 1.29 is 0 Å². The minimum Gasteiger partial charge on any atom is -0.323 e. The van der Waals surface area contributed by atoms with Gasteiger partial charge in [0.1, 0.15) is 0 Å². The van der Waals surface area contributed by atoms with E-state index in [1.54, 1.807) is 0 Å². The second-order valence-corrected chi connectivity index (χ2v) is 3.74. The van der Waals surface area contributed by atoms with E-state index in [1.807, 2.05) is 6.92 Å². The molecule has 0 aromatic heterocycles. The van der Waals surface area contributed by atoms with E-state index < -0.39 is 0 Å². The summed E-state index contributed by atoms with van der Waals surface area (Å²) in [5.74, 6) is 5.14. The number of unbranched alkanes of at least 4 members (excludes halogenated alkanes) is 6. The highest BCUT2D eigenvalue weighted by molar-refractivity contribution is 5.81. The zero-order chi connectivity index (χ0) is 9.94. The zero-order valence-corrected chi connectivity index (χ0v) is 9.18. The first-order valence-corrected chi connectivity index (χ1v) is 5.54. The normalized spacial score (nSPS) is 12.0. The largest absolute Gasteiger partial charge is 0.323 e. The van der Waals surface area contributed by atoms with Crippen LogP contribution in [0.3, 0.4) is 0 Å². The number of nitrogens with two attached hydrogens (primary N) is 1. The monoisotopic (exact) mass is 184 g/mol. The summed E-state index contributed by atoms with van der Waals surface area (Å²) in [6.45, 7) is 4.25. The molecule has 0 saturated carbocycles. The van der Waals surface area contributed by atoms with Gasteiger partial charge in [0, 0.05) is 5.71 Å². The van der Waals surface area contributed by atoms with Gasteiger partial charge < -0.3 is 5.84 Å². The van der Waals surface area contributed by atoms with Crippen LogP contribution in [0.4, 0.5) is 0 Å². The SMILES string of the molecule is CCCCCCCCCC(C)=NN. The smallest absolute Gasteiger partial charge is 0.0345 e. The van der Waals surface area contributed by atoms with Crippen molar-refractivity contribution in [1.29, 1.82) is 0 Å². The highest BCUT2D eigenvalue weighted by Gasteiger charge is 1.92. The Morgan fingerprint density at radius 3 is 2.08 bits per heavy atom. The third kappa shape index (κ3) is 9.38. The van der Waals surface area contributed by atoms with E-state index in [-0.39, 0.29) is 0 Å². The number of hydrazone groups is 1. The molecule has 0 amide bonds. The second-order valence-electron chi connectivity index (χ2n) is 3.74. The molecule has 2 N–H and O–H groups in total. The average molecular weight is 184 g/mol. The minimum atomic E-state index is 1.07. The van der Waals surface area contributed by atoms with Crippen LogP contribution in [0.2, 0.25) is 0 Å². The molecule has 0 radical (unpaired) electrons. The Morgan fingerprint density at radius 1 is 1.00 bits per heavy atom. The van der Waals surface area contributed by atoms with Gasteiger partial charge in [0.2, 0.25) is 0 Å². The Bertz CT molecular complexity index is 130. The van der Waals surface area contributed by atoms with Gasteiger partial charge in [-0.3, -0.25) is 0 Å². The van der Waals surface area contributed by atoms with Gasteiger partial charge in [0.05, 0.1) is 0 Å². The molecule has 0 aliphatic rings. The summed E-state index contributed by atoms with van der Waals surface area (Å²) >= 11 is 0. The van der Waals surface area contributed by atoms with Crippen molar-refractivity contribution in [3.05, 3.63) is 0 Å². The molecule has 0 unspecified atom stereocenters. The van der Waals surface area contributed by atoms with Gasteiger partial charge in [-0.2, -0.15) is 5.10 Å². The van der Waals surface area contributed by atoms with Gasteiger partial charge in [0.15, 0.2) is 0 Å². The fourth-order valence-electron chi connectivity index (χ4n) is 1.40. The molecule has 0 aromatic carbocycles. The van der Waals surface area contributed by atoms with Crippen molar-refractivity contribution in [3.63, 3.8) is 0 Å². The molecule has 13 heavy (non-hydrogen) atoms. The highest BCUT2D eigenvalue weighted by Crippen LogP contribution is 2.08. The Labute approximate surface area is 82.6 Å². The Morgan fingerprint density at radius 2 is 1.54 bits per heavy atom. The van der Waals surface area contributed by atoms with Crippen molar-refractivity contribution in [1.82, 2.24) is 0 Å². The lowest BCUT2D eigenvalue weighted by atomic mass is 10.1. The lowest BCUT2D eigenvalue weighted by Gasteiger charge is -2.00. The molecule has 0 rings (SSSR count). The predicted octanol–water partition coefficient (Wildman–Crippen LogP) is 3.46. The van der Waals surface area contributed by atoms with E-state index >= 15 is 0 Å². The van der Waals surface area contributed by atoms with E-state index in [4.69, 9.17) is 5.84 Å². The molecule has 2 nitrogen and oxygen atoms in total. The molecule has 0 heterocycles. The lowest BCUT2D eigenvalue weighted by molar-refractivity contribution is 0.595. The lowest BCUT2D eigenvalue weighted by Crippen LogP contribution is -1.95. The molecule has 0 bridgehead atoms. The van der Waals surface area contributed by atoms with Gasteiger partial charge in [0.25, 0.3) is 0 Å². The second kappa shape index (κ2) is 9.56. The molecule has 0 aliphatic heterocycles. The summed E-state index contributed by atoms with van der Waals surface area (Å²) in [6, 6.07) is 0. The summed E-state index contributed by atoms with van der Waals surface area (Å²) in [4.78, 5) is 0. The quantitative estimate of drug-likeness (QED) is 0.267. The van der Waals surface area contributed by atoms with Gasteiger partial charge in [-0.1, -0.05) is 45.4 Å². The van der Waals surface area contributed by atoms with Gasteiger partial charge >= 0.3 is 0 Å². The summed E-state index contributed by atoms with van der Waals surface area (Å²) < 4.78 is 0. The first-order chi connectivity index (χ1) is 6.31. The Balaban J connectivity index is 3.00. The Hall–Kier alpha value is -0.530. The van der Waals surface area contributed by atoms with Gasteiger partial charge in [-0.05, 0) is 19.8 Å². The van der Waals surface area contributed by atoms with Crippen molar-refractivity contribution in [2.75, 3.05) is 0 Å². The van der Waals surface area contributed by atoms with Crippen LogP contribution in [0.25, 0.3) is 0 Å².